The van der Waals surface area contributed by atoms with E-state index >= 15 is 0 Å². The number of nitrogens with zero attached hydrogens (tertiary/aromatic N) is 2. The Hall–Kier alpha value is -1.11. The highest BCUT2D eigenvalue weighted by Gasteiger charge is 2.20. The minimum absolute atomic E-state index is 0.125. The van der Waals surface area contributed by atoms with Crippen molar-refractivity contribution in [3.05, 3.63) is 50.3 Å². The Labute approximate surface area is 136 Å². The molecular weight excluding hydrogens is 327 g/mol. The van der Waals surface area contributed by atoms with E-state index < -0.39 is 0 Å². The zero-order chi connectivity index (χ0) is 15.0. The molecule has 1 unspecified atom stereocenters. The fraction of sp³-hybridized carbons (Fsp3) is 0.214. The van der Waals surface area contributed by atoms with Crippen LogP contribution < -0.4 is 11.3 Å². The second-order valence-electron chi connectivity index (χ2n) is 4.79. The van der Waals surface area contributed by atoms with Crippen LogP contribution in [0.15, 0.2) is 30.3 Å². The van der Waals surface area contributed by atoms with Crippen molar-refractivity contribution in [2.45, 2.75) is 12.5 Å². The highest BCUT2D eigenvalue weighted by atomic mass is 35.5. The van der Waals surface area contributed by atoms with Gasteiger partial charge in [0.25, 0.3) is 0 Å². The maximum atomic E-state index is 6.22. The summed E-state index contributed by atoms with van der Waals surface area (Å²) in [4.78, 5) is 0. The topological polar surface area (TPSA) is 55.9 Å². The van der Waals surface area contributed by atoms with Gasteiger partial charge in [0.2, 0.25) is 0 Å². The normalized spacial score (nSPS) is 13.0. The zero-order valence-corrected chi connectivity index (χ0v) is 13.6. The molecule has 0 aliphatic heterocycles. The van der Waals surface area contributed by atoms with Crippen molar-refractivity contribution >= 4 is 45.4 Å². The molecule has 1 atom stereocenters. The SMILES string of the molecule is Cn1nc(CC(NN)c2cc(Cl)sc2Cl)c2ccccc21. The lowest BCUT2D eigenvalue weighted by Gasteiger charge is -2.14. The number of aromatic nitrogens is 2. The second kappa shape index (κ2) is 5.94. The standard InChI is InChI=1S/C14H14Cl2N4S/c1-20-12-5-3-2-4-8(12)11(19-20)7-10(18-17)9-6-13(15)21-14(9)16/h2-6,10,18H,7,17H2,1H3. The van der Waals surface area contributed by atoms with E-state index in [0.717, 1.165) is 22.2 Å². The van der Waals surface area contributed by atoms with Gasteiger partial charge >= 0.3 is 0 Å². The number of hydrazine groups is 1. The quantitative estimate of drug-likeness (QED) is 0.562. The van der Waals surface area contributed by atoms with Crippen LogP contribution in [0.25, 0.3) is 10.9 Å². The number of halogens is 2. The zero-order valence-electron chi connectivity index (χ0n) is 11.3. The van der Waals surface area contributed by atoms with Gasteiger partial charge in [-0.25, -0.2) is 0 Å². The largest absolute Gasteiger partial charge is 0.271 e. The average Bonchev–Trinajstić information content (AvgIpc) is 2.97. The molecule has 7 heteroatoms. The summed E-state index contributed by atoms with van der Waals surface area (Å²) >= 11 is 13.6. The number of nitrogens with one attached hydrogen (secondary N) is 1. The lowest BCUT2D eigenvalue weighted by molar-refractivity contribution is 0.544. The van der Waals surface area contributed by atoms with E-state index in [9.17, 15) is 0 Å². The van der Waals surface area contributed by atoms with Crippen molar-refractivity contribution < 1.29 is 0 Å². The molecule has 0 spiro atoms. The molecule has 0 fully saturated rings. The minimum Gasteiger partial charge on any atom is -0.271 e. The van der Waals surface area contributed by atoms with Gasteiger partial charge in [-0.2, -0.15) is 5.10 Å². The lowest BCUT2D eigenvalue weighted by atomic mass is 10.0. The molecular formula is C14H14Cl2N4S. The highest BCUT2D eigenvalue weighted by Crippen LogP contribution is 2.36. The van der Waals surface area contributed by atoms with E-state index in [1.165, 1.54) is 11.3 Å². The average molecular weight is 341 g/mol. The monoisotopic (exact) mass is 340 g/mol. The second-order valence-corrected chi connectivity index (χ2v) is 7.08. The van der Waals surface area contributed by atoms with E-state index in [1.807, 2.05) is 36.0 Å². The third-order valence-corrected chi connectivity index (χ3v) is 5.01. The molecule has 2 aromatic heterocycles. The highest BCUT2D eigenvalue weighted by molar-refractivity contribution is 7.20. The van der Waals surface area contributed by atoms with Gasteiger partial charge in [-0.05, 0) is 12.1 Å². The van der Waals surface area contributed by atoms with E-state index in [1.54, 1.807) is 0 Å². The third-order valence-electron chi connectivity index (χ3n) is 3.49. The van der Waals surface area contributed by atoms with E-state index in [4.69, 9.17) is 29.0 Å². The summed E-state index contributed by atoms with van der Waals surface area (Å²) in [6.45, 7) is 0. The minimum atomic E-state index is -0.125. The predicted octanol–water partition coefficient (Wildman–Crippen LogP) is 3.69. The van der Waals surface area contributed by atoms with Gasteiger partial charge < -0.3 is 0 Å². The van der Waals surface area contributed by atoms with Crippen LogP contribution in [0, 0.1) is 0 Å². The van der Waals surface area contributed by atoms with Crippen molar-refractivity contribution in [3.63, 3.8) is 0 Å². The van der Waals surface area contributed by atoms with E-state index in [0.29, 0.717) is 15.1 Å². The fourth-order valence-electron chi connectivity index (χ4n) is 2.48. The van der Waals surface area contributed by atoms with Crippen LogP contribution in [-0.2, 0) is 13.5 Å². The molecule has 0 aliphatic rings. The molecule has 3 N–H and O–H groups in total. The van der Waals surface area contributed by atoms with Crippen molar-refractivity contribution in [1.82, 2.24) is 15.2 Å². The van der Waals surface area contributed by atoms with Gasteiger partial charge in [-0.1, -0.05) is 41.4 Å². The lowest BCUT2D eigenvalue weighted by Crippen LogP contribution is -2.29. The van der Waals surface area contributed by atoms with Crippen molar-refractivity contribution in [2.75, 3.05) is 0 Å². The summed E-state index contributed by atoms with van der Waals surface area (Å²) in [6, 6.07) is 9.84. The van der Waals surface area contributed by atoms with Crippen LogP contribution >= 0.6 is 34.5 Å². The molecule has 0 saturated heterocycles. The molecule has 0 aliphatic carbocycles. The number of fused-ring (bicyclic) bond motifs is 1. The number of nitrogens with two attached hydrogens (primary N) is 1. The van der Waals surface area contributed by atoms with Gasteiger partial charge in [0.15, 0.2) is 0 Å². The Morgan fingerprint density at radius 2 is 2.14 bits per heavy atom. The summed E-state index contributed by atoms with van der Waals surface area (Å²) in [5.74, 6) is 5.70. The Morgan fingerprint density at radius 1 is 1.38 bits per heavy atom. The summed E-state index contributed by atoms with van der Waals surface area (Å²) in [5, 5.41) is 5.71. The summed E-state index contributed by atoms with van der Waals surface area (Å²) < 4.78 is 3.18. The summed E-state index contributed by atoms with van der Waals surface area (Å²) in [6.07, 6.45) is 0.643. The van der Waals surface area contributed by atoms with Gasteiger partial charge in [0.1, 0.15) is 0 Å². The maximum absolute atomic E-state index is 6.22. The fourth-order valence-corrected chi connectivity index (χ4v) is 4.06. The van der Waals surface area contributed by atoms with Crippen LogP contribution in [0.3, 0.4) is 0 Å². The number of thiophene rings is 1. The number of hydrogen-bond donors (Lipinski definition) is 2. The Balaban J connectivity index is 1.98. The van der Waals surface area contributed by atoms with Gasteiger partial charge in [-0.15, -0.1) is 11.3 Å². The van der Waals surface area contributed by atoms with E-state index in [2.05, 4.69) is 16.6 Å². The molecule has 0 saturated carbocycles. The molecule has 3 aromatic rings. The number of aryl methyl sites for hydroxylation is 1. The van der Waals surface area contributed by atoms with Crippen LogP contribution in [0.4, 0.5) is 0 Å². The molecule has 21 heavy (non-hydrogen) atoms. The van der Waals surface area contributed by atoms with Crippen molar-refractivity contribution in [3.8, 4) is 0 Å². The van der Waals surface area contributed by atoms with Gasteiger partial charge in [-0.3, -0.25) is 16.0 Å². The number of rotatable bonds is 4. The molecule has 110 valence electrons. The van der Waals surface area contributed by atoms with Crippen LogP contribution in [0.2, 0.25) is 8.67 Å². The summed E-state index contributed by atoms with van der Waals surface area (Å²) in [7, 11) is 1.94. The predicted molar refractivity (Wildman–Crippen MR) is 88.8 cm³/mol. The smallest absolute Gasteiger partial charge is 0.0992 e. The van der Waals surface area contributed by atoms with Crippen LogP contribution in [0.1, 0.15) is 17.3 Å². The summed E-state index contributed by atoms with van der Waals surface area (Å²) in [5.41, 5.74) is 5.79. The first-order chi connectivity index (χ1) is 10.1. The molecule has 0 amide bonds. The molecule has 4 nitrogen and oxygen atoms in total. The first-order valence-electron chi connectivity index (χ1n) is 6.41. The molecule has 3 rings (SSSR count). The van der Waals surface area contributed by atoms with E-state index in [-0.39, 0.29) is 6.04 Å². The van der Waals surface area contributed by atoms with Gasteiger partial charge in [0, 0.05) is 24.4 Å². The molecule has 1 aromatic carbocycles. The Kier molecular flexibility index (Phi) is 4.19. The van der Waals surface area contributed by atoms with Crippen LogP contribution in [-0.4, -0.2) is 9.78 Å². The van der Waals surface area contributed by atoms with Crippen LogP contribution in [0.5, 0.6) is 0 Å². The van der Waals surface area contributed by atoms with Crippen molar-refractivity contribution in [2.24, 2.45) is 12.9 Å². The number of hydrogen-bond acceptors (Lipinski definition) is 4. The van der Waals surface area contributed by atoms with Gasteiger partial charge in [0.05, 0.1) is 25.9 Å². The first-order valence-corrected chi connectivity index (χ1v) is 7.99. The number of para-hydroxylation sites is 1. The molecule has 0 bridgehead atoms. The van der Waals surface area contributed by atoms with Crippen molar-refractivity contribution in [1.29, 1.82) is 0 Å². The number of benzene rings is 1. The Bertz CT molecular complexity index is 780. The Morgan fingerprint density at radius 3 is 2.81 bits per heavy atom. The first kappa shape index (κ1) is 14.8. The third kappa shape index (κ3) is 2.80. The maximum Gasteiger partial charge on any atom is 0.0992 e. The molecule has 2 heterocycles. The molecule has 0 radical (unpaired) electrons.